The molecule has 8 heteroatoms. The molecule has 114 valence electrons. The Morgan fingerprint density at radius 3 is 2.32 bits per heavy atom. The van der Waals surface area contributed by atoms with Gasteiger partial charge in [0.1, 0.15) is 11.6 Å². The van der Waals surface area contributed by atoms with Gasteiger partial charge < -0.3 is 10.4 Å². The standard InChI is InChI=1S/C14H14N4O4/c1-17-11-9(12(20)18(2)14(17)22)10(15-13(21)16-11)7-3-5-8(19)6-4-7/h3-6,10,19H,1-2H3,(H2,15,16,21)/t10-/m0/s1. The number of carbonyl (C=O) groups excluding carboxylic acids is 1. The highest BCUT2D eigenvalue weighted by Gasteiger charge is 2.31. The topological polar surface area (TPSA) is 105 Å². The number of rotatable bonds is 1. The molecule has 0 saturated carbocycles. The van der Waals surface area contributed by atoms with E-state index in [0.717, 1.165) is 4.57 Å². The minimum atomic E-state index is -0.699. The third-order valence-electron chi connectivity index (χ3n) is 3.72. The molecule has 0 fully saturated rings. The molecule has 3 rings (SSSR count). The Morgan fingerprint density at radius 1 is 1.05 bits per heavy atom. The van der Waals surface area contributed by atoms with Crippen LogP contribution in [0.4, 0.5) is 10.6 Å². The number of aromatic hydroxyl groups is 1. The SMILES string of the molecule is Cn1c2c(c(=O)n(C)c1=O)[C@H](c1ccc(O)cc1)NC(=O)N2. The molecule has 1 atom stereocenters. The number of fused-ring (bicyclic) bond motifs is 1. The van der Waals surface area contributed by atoms with Crippen LogP contribution in [-0.4, -0.2) is 20.3 Å². The zero-order valence-corrected chi connectivity index (χ0v) is 12.0. The number of nitrogens with one attached hydrogen (secondary N) is 2. The van der Waals surface area contributed by atoms with Crippen LogP contribution in [0.25, 0.3) is 0 Å². The first kappa shape index (κ1) is 13.9. The lowest BCUT2D eigenvalue weighted by Gasteiger charge is -2.28. The number of benzene rings is 1. The van der Waals surface area contributed by atoms with E-state index in [0.29, 0.717) is 5.56 Å². The summed E-state index contributed by atoms with van der Waals surface area (Å²) >= 11 is 0. The maximum Gasteiger partial charge on any atom is 0.332 e. The highest BCUT2D eigenvalue weighted by molar-refractivity contribution is 5.92. The fraction of sp³-hybridized carbons (Fsp3) is 0.214. The summed E-state index contributed by atoms with van der Waals surface area (Å²) < 4.78 is 2.22. The lowest BCUT2D eigenvalue weighted by molar-refractivity contribution is 0.248. The second kappa shape index (κ2) is 4.76. The van der Waals surface area contributed by atoms with E-state index in [4.69, 9.17) is 0 Å². The van der Waals surface area contributed by atoms with Gasteiger partial charge in [-0.3, -0.25) is 19.2 Å². The van der Waals surface area contributed by atoms with Crippen molar-refractivity contribution in [1.82, 2.24) is 14.5 Å². The van der Waals surface area contributed by atoms with E-state index in [2.05, 4.69) is 10.6 Å². The van der Waals surface area contributed by atoms with E-state index in [-0.39, 0.29) is 17.1 Å². The van der Waals surface area contributed by atoms with Gasteiger partial charge >= 0.3 is 11.7 Å². The van der Waals surface area contributed by atoms with Crippen LogP contribution in [0.2, 0.25) is 0 Å². The molecular formula is C14H14N4O4. The molecule has 1 aliphatic heterocycles. The molecule has 1 aromatic heterocycles. The van der Waals surface area contributed by atoms with E-state index in [9.17, 15) is 19.5 Å². The summed E-state index contributed by atoms with van der Waals surface area (Å²) in [5, 5.41) is 14.5. The van der Waals surface area contributed by atoms with Gasteiger partial charge in [-0.1, -0.05) is 12.1 Å². The summed E-state index contributed by atoms with van der Waals surface area (Å²) in [6.45, 7) is 0. The van der Waals surface area contributed by atoms with Crippen molar-refractivity contribution < 1.29 is 9.90 Å². The molecule has 0 spiro atoms. The summed E-state index contributed by atoms with van der Waals surface area (Å²) in [5.74, 6) is 0.257. The zero-order valence-electron chi connectivity index (χ0n) is 12.0. The quantitative estimate of drug-likeness (QED) is 0.690. The number of anilines is 1. The number of amides is 2. The maximum atomic E-state index is 12.5. The Kier molecular flexibility index (Phi) is 3.01. The molecule has 8 nitrogen and oxygen atoms in total. The van der Waals surface area contributed by atoms with Crippen LogP contribution in [0.5, 0.6) is 5.75 Å². The second-order valence-electron chi connectivity index (χ2n) is 5.09. The van der Waals surface area contributed by atoms with Crippen molar-refractivity contribution in [3.05, 3.63) is 56.2 Å². The number of hydrogen-bond donors (Lipinski definition) is 3. The van der Waals surface area contributed by atoms with Crippen molar-refractivity contribution in [2.24, 2.45) is 14.1 Å². The number of phenolic OH excluding ortho intramolecular Hbond substituents is 1. The van der Waals surface area contributed by atoms with Gasteiger partial charge in [-0.05, 0) is 17.7 Å². The molecule has 0 unspecified atom stereocenters. The second-order valence-corrected chi connectivity index (χ2v) is 5.09. The van der Waals surface area contributed by atoms with Crippen LogP contribution < -0.4 is 21.9 Å². The van der Waals surface area contributed by atoms with E-state index >= 15 is 0 Å². The van der Waals surface area contributed by atoms with E-state index in [1.165, 1.54) is 30.8 Å². The number of phenols is 1. The summed E-state index contributed by atoms with van der Waals surface area (Å²) in [5.41, 5.74) is -0.0985. The Morgan fingerprint density at radius 2 is 1.68 bits per heavy atom. The van der Waals surface area contributed by atoms with Gasteiger partial charge in [0, 0.05) is 14.1 Å². The highest BCUT2D eigenvalue weighted by Crippen LogP contribution is 2.28. The molecule has 2 aromatic rings. The van der Waals surface area contributed by atoms with Crippen molar-refractivity contribution in [3.8, 4) is 5.75 Å². The summed E-state index contributed by atoms with van der Waals surface area (Å²) in [6.07, 6.45) is 0. The van der Waals surface area contributed by atoms with Crippen molar-refractivity contribution in [2.45, 2.75) is 6.04 Å². The van der Waals surface area contributed by atoms with Gasteiger partial charge in [0.25, 0.3) is 5.56 Å². The van der Waals surface area contributed by atoms with Crippen molar-refractivity contribution >= 4 is 11.8 Å². The van der Waals surface area contributed by atoms with Crippen LogP contribution in [-0.2, 0) is 14.1 Å². The molecule has 2 heterocycles. The highest BCUT2D eigenvalue weighted by atomic mass is 16.3. The molecule has 1 aromatic carbocycles. The molecule has 2 amide bonds. The largest absolute Gasteiger partial charge is 0.508 e. The summed E-state index contributed by atoms with van der Waals surface area (Å²) in [4.78, 5) is 36.3. The zero-order chi connectivity index (χ0) is 16.0. The lowest BCUT2D eigenvalue weighted by atomic mass is 9.98. The molecule has 0 bridgehead atoms. The molecule has 0 radical (unpaired) electrons. The molecule has 1 aliphatic rings. The molecule has 22 heavy (non-hydrogen) atoms. The smallest absolute Gasteiger partial charge is 0.332 e. The van der Waals surface area contributed by atoms with Gasteiger partial charge in [-0.25, -0.2) is 9.59 Å². The van der Waals surface area contributed by atoms with Crippen molar-refractivity contribution in [1.29, 1.82) is 0 Å². The lowest BCUT2D eigenvalue weighted by Crippen LogP contribution is -2.49. The maximum absolute atomic E-state index is 12.5. The average molecular weight is 302 g/mol. The Labute approximate surface area is 124 Å². The van der Waals surface area contributed by atoms with Gasteiger partial charge in [0.15, 0.2) is 0 Å². The number of aromatic nitrogens is 2. The van der Waals surface area contributed by atoms with E-state index in [1.807, 2.05) is 0 Å². The fourth-order valence-corrected chi connectivity index (χ4v) is 2.55. The minimum absolute atomic E-state index is 0.0811. The Balaban J connectivity index is 2.30. The first-order chi connectivity index (χ1) is 10.4. The van der Waals surface area contributed by atoms with Crippen LogP contribution in [0.15, 0.2) is 33.9 Å². The van der Waals surface area contributed by atoms with Gasteiger partial charge in [-0.2, -0.15) is 0 Å². The first-order valence-corrected chi connectivity index (χ1v) is 6.56. The van der Waals surface area contributed by atoms with E-state index in [1.54, 1.807) is 12.1 Å². The third-order valence-corrected chi connectivity index (χ3v) is 3.72. The predicted molar refractivity (Wildman–Crippen MR) is 79.0 cm³/mol. The van der Waals surface area contributed by atoms with Crippen molar-refractivity contribution in [3.63, 3.8) is 0 Å². The van der Waals surface area contributed by atoms with Gasteiger partial charge in [-0.15, -0.1) is 0 Å². The van der Waals surface area contributed by atoms with Crippen LogP contribution in [0.1, 0.15) is 17.2 Å². The van der Waals surface area contributed by atoms with Gasteiger partial charge in [0.2, 0.25) is 0 Å². The third kappa shape index (κ3) is 1.96. The number of nitrogens with zero attached hydrogens (tertiary/aromatic N) is 2. The number of urea groups is 1. The Bertz CT molecular complexity index is 879. The minimum Gasteiger partial charge on any atom is -0.508 e. The Hall–Kier alpha value is -3.03. The first-order valence-electron chi connectivity index (χ1n) is 6.56. The summed E-state index contributed by atoms with van der Waals surface area (Å²) in [6, 6.07) is 4.95. The number of carbonyl (C=O) groups is 1. The molecule has 3 N–H and O–H groups in total. The van der Waals surface area contributed by atoms with Crippen molar-refractivity contribution in [2.75, 3.05) is 5.32 Å². The molecule has 0 saturated heterocycles. The fourth-order valence-electron chi connectivity index (χ4n) is 2.55. The normalized spacial score (nSPS) is 16.6. The van der Waals surface area contributed by atoms with E-state index < -0.39 is 23.3 Å². The molecular weight excluding hydrogens is 288 g/mol. The van der Waals surface area contributed by atoms with Gasteiger partial charge in [0.05, 0.1) is 11.6 Å². The number of hydrogen-bond acceptors (Lipinski definition) is 4. The van der Waals surface area contributed by atoms with Crippen LogP contribution in [0, 0.1) is 0 Å². The average Bonchev–Trinajstić information content (AvgIpc) is 2.50. The van der Waals surface area contributed by atoms with Crippen LogP contribution >= 0.6 is 0 Å². The van der Waals surface area contributed by atoms with Crippen LogP contribution in [0.3, 0.4) is 0 Å². The monoisotopic (exact) mass is 302 g/mol. The molecule has 0 aliphatic carbocycles. The predicted octanol–water partition coefficient (Wildman–Crippen LogP) is 0.0141. The summed E-state index contributed by atoms with van der Waals surface area (Å²) in [7, 11) is 2.87.